The second-order valence-electron chi connectivity index (χ2n) is 6.16. The molecular weight excluding hydrogens is 362 g/mol. The third-order valence-electron chi connectivity index (χ3n) is 4.08. The molecule has 28 heavy (non-hydrogen) atoms. The van der Waals surface area contributed by atoms with Crippen LogP contribution < -0.4 is 5.32 Å². The zero-order valence-electron chi connectivity index (χ0n) is 15.7. The molecule has 0 aliphatic rings. The van der Waals surface area contributed by atoms with Crippen molar-refractivity contribution in [3.05, 3.63) is 71.8 Å². The van der Waals surface area contributed by atoms with E-state index in [4.69, 9.17) is 9.47 Å². The van der Waals surface area contributed by atoms with E-state index in [1.165, 1.54) is 7.11 Å². The quantitative estimate of drug-likeness (QED) is 0.642. The average Bonchev–Trinajstić information content (AvgIpc) is 2.73. The summed E-state index contributed by atoms with van der Waals surface area (Å²) in [5.74, 6) is 0. The number of benzene rings is 2. The molecule has 0 heterocycles. The van der Waals surface area contributed by atoms with Gasteiger partial charge >= 0.3 is 12.2 Å². The van der Waals surface area contributed by atoms with Gasteiger partial charge in [0.1, 0.15) is 6.61 Å². The molecule has 0 saturated heterocycles. The molecule has 0 radical (unpaired) electrons. The molecule has 2 unspecified atom stereocenters. The third-order valence-corrected chi connectivity index (χ3v) is 4.08. The zero-order chi connectivity index (χ0) is 20.2. The van der Waals surface area contributed by atoms with Gasteiger partial charge in [0.25, 0.3) is 0 Å². The number of methoxy groups -OCH3 is 1. The van der Waals surface area contributed by atoms with Crippen molar-refractivity contribution in [2.24, 2.45) is 0 Å². The van der Waals surface area contributed by atoms with E-state index in [9.17, 15) is 14.7 Å². The third kappa shape index (κ3) is 7.67. The maximum atomic E-state index is 12.2. The van der Waals surface area contributed by atoms with Crippen LogP contribution in [0.1, 0.15) is 17.5 Å². The van der Waals surface area contributed by atoms with E-state index < -0.39 is 24.4 Å². The van der Waals surface area contributed by atoms with Crippen LogP contribution in [0.5, 0.6) is 0 Å². The first-order chi connectivity index (χ1) is 13.6. The zero-order valence-corrected chi connectivity index (χ0v) is 15.7. The molecule has 150 valence electrons. The molecular formula is C21H25NO6. The fourth-order valence-electron chi connectivity index (χ4n) is 2.59. The van der Waals surface area contributed by atoms with Gasteiger partial charge < -0.3 is 24.6 Å². The standard InChI is InChI=1S/C21H25NO6/c1-26-21(25)27-13-12-19(23)18(14-16-8-4-2-5-9-16)22-20(24)28-15-17-10-6-3-7-11-17/h2-11,18-19,23H,12-15H2,1H3,(H,22,24). The van der Waals surface area contributed by atoms with E-state index >= 15 is 0 Å². The van der Waals surface area contributed by atoms with Crippen molar-refractivity contribution in [1.29, 1.82) is 0 Å². The molecule has 0 aliphatic heterocycles. The lowest BCUT2D eigenvalue weighted by atomic mass is 9.99. The van der Waals surface area contributed by atoms with Crippen molar-refractivity contribution in [2.75, 3.05) is 13.7 Å². The van der Waals surface area contributed by atoms with Gasteiger partial charge in [0.2, 0.25) is 0 Å². The number of aliphatic hydroxyl groups is 1. The van der Waals surface area contributed by atoms with Crippen molar-refractivity contribution in [3.8, 4) is 0 Å². The van der Waals surface area contributed by atoms with E-state index in [-0.39, 0.29) is 19.6 Å². The maximum Gasteiger partial charge on any atom is 0.507 e. The van der Waals surface area contributed by atoms with Crippen LogP contribution in [0.2, 0.25) is 0 Å². The van der Waals surface area contributed by atoms with E-state index in [0.29, 0.717) is 6.42 Å². The number of hydrogen-bond donors (Lipinski definition) is 2. The first-order valence-electron chi connectivity index (χ1n) is 8.98. The highest BCUT2D eigenvalue weighted by Crippen LogP contribution is 2.10. The van der Waals surface area contributed by atoms with Crippen LogP contribution in [0, 0.1) is 0 Å². The first-order valence-corrected chi connectivity index (χ1v) is 8.98. The summed E-state index contributed by atoms with van der Waals surface area (Å²) in [6.07, 6.45) is -1.83. The summed E-state index contributed by atoms with van der Waals surface area (Å²) in [5, 5.41) is 13.2. The number of hydrogen-bond acceptors (Lipinski definition) is 6. The van der Waals surface area contributed by atoms with Gasteiger partial charge in [0, 0.05) is 6.42 Å². The number of aliphatic hydroxyl groups excluding tert-OH is 1. The van der Waals surface area contributed by atoms with E-state index in [1.54, 1.807) is 0 Å². The fraction of sp³-hybridized carbons (Fsp3) is 0.333. The van der Waals surface area contributed by atoms with Gasteiger partial charge in [-0.3, -0.25) is 0 Å². The van der Waals surface area contributed by atoms with Gasteiger partial charge in [-0.25, -0.2) is 9.59 Å². The van der Waals surface area contributed by atoms with Crippen LogP contribution in [0.15, 0.2) is 60.7 Å². The number of carbonyl (C=O) groups excluding carboxylic acids is 2. The summed E-state index contributed by atoms with van der Waals surface area (Å²) >= 11 is 0. The minimum absolute atomic E-state index is 0.0279. The predicted octanol–water partition coefficient (Wildman–Crippen LogP) is 3.06. The molecule has 0 spiro atoms. The second-order valence-corrected chi connectivity index (χ2v) is 6.16. The molecule has 2 aromatic carbocycles. The molecule has 0 aliphatic carbocycles. The van der Waals surface area contributed by atoms with Crippen LogP contribution in [0.3, 0.4) is 0 Å². The Balaban J connectivity index is 1.92. The lowest BCUT2D eigenvalue weighted by Gasteiger charge is -2.24. The molecule has 0 saturated carbocycles. The Morgan fingerprint density at radius 3 is 2.18 bits per heavy atom. The summed E-state index contributed by atoms with van der Waals surface area (Å²) in [6.45, 7) is 0.103. The lowest BCUT2D eigenvalue weighted by molar-refractivity contribution is 0.0463. The van der Waals surface area contributed by atoms with Crippen LogP contribution in [-0.2, 0) is 27.2 Å². The normalized spacial score (nSPS) is 12.5. The number of alkyl carbamates (subject to hydrolysis) is 1. The van der Waals surface area contributed by atoms with Crippen LogP contribution in [0.4, 0.5) is 9.59 Å². The number of rotatable bonds is 9. The highest BCUT2D eigenvalue weighted by molar-refractivity contribution is 5.67. The Morgan fingerprint density at radius 2 is 1.57 bits per heavy atom. The first kappa shape index (κ1) is 21.2. The fourth-order valence-corrected chi connectivity index (χ4v) is 2.59. The Bertz CT molecular complexity index is 722. The van der Waals surface area contributed by atoms with Crippen molar-refractivity contribution >= 4 is 12.2 Å². The van der Waals surface area contributed by atoms with Crippen LogP contribution >= 0.6 is 0 Å². The Labute approximate surface area is 164 Å². The number of nitrogens with one attached hydrogen (secondary N) is 1. The van der Waals surface area contributed by atoms with E-state index in [1.807, 2.05) is 60.7 Å². The van der Waals surface area contributed by atoms with Gasteiger partial charge in [-0.05, 0) is 17.5 Å². The van der Waals surface area contributed by atoms with Crippen LogP contribution in [-0.4, -0.2) is 43.2 Å². The molecule has 1 amide bonds. The number of ether oxygens (including phenoxy) is 3. The Hall–Kier alpha value is -3.06. The second kappa shape index (κ2) is 11.6. The number of amides is 1. The highest BCUT2D eigenvalue weighted by Gasteiger charge is 2.23. The molecule has 2 aromatic rings. The Kier molecular flexibility index (Phi) is 8.81. The van der Waals surface area contributed by atoms with Gasteiger partial charge in [-0.2, -0.15) is 0 Å². The van der Waals surface area contributed by atoms with Crippen LogP contribution in [0.25, 0.3) is 0 Å². The molecule has 0 bridgehead atoms. The largest absolute Gasteiger partial charge is 0.507 e. The van der Waals surface area contributed by atoms with Crippen molar-refractivity contribution in [2.45, 2.75) is 31.6 Å². The van der Waals surface area contributed by atoms with E-state index in [2.05, 4.69) is 10.1 Å². The summed E-state index contributed by atoms with van der Waals surface area (Å²) < 4.78 is 14.4. The van der Waals surface area contributed by atoms with Gasteiger partial charge in [0.05, 0.1) is 25.9 Å². The molecule has 2 N–H and O–H groups in total. The highest BCUT2D eigenvalue weighted by atomic mass is 16.7. The van der Waals surface area contributed by atoms with Crippen molar-refractivity contribution in [3.63, 3.8) is 0 Å². The predicted molar refractivity (Wildman–Crippen MR) is 103 cm³/mol. The van der Waals surface area contributed by atoms with Crippen molar-refractivity contribution < 1.29 is 28.9 Å². The average molecular weight is 387 g/mol. The smallest absolute Gasteiger partial charge is 0.445 e. The summed E-state index contributed by atoms with van der Waals surface area (Å²) in [6, 6.07) is 18.2. The molecule has 2 rings (SSSR count). The summed E-state index contributed by atoms with van der Waals surface area (Å²) in [4.78, 5) is 23.2. The SMILES string of the molecule is COC(=O)OCCC(O)C(Cc1ccccc1)NC(=O)OCc1ccccc1. The minimum atomic E-state index is -0.936. The minimum Gasteiger partial charge on any atom is -0.445 e. The van der Waals surface area contributed by atoms with Gasteiger partial charge in [-0.1, -0.05) is 60.7 Å². The topological polar surface area (TPSA) is 94.1 Å². The van der Waals surface area contributed by atoms with Gasteiger partial charge in [-0.15, -0.1) is 0 Å². The Morgan fingerprint density at radius 1 is 0.964 bits per heavy atom. The molecule has 0 aromatic heterocycles. The monoisotopic (exact) mass is 387 g/mol. The molecule has 2 atom stereocenters. The lowest BCUT2D eigenvalue weighted by Crippen LogP contribution is -2.45. The molecule has 7 heteroatoms. The summed E-state index contributed by atoms with van der Waals surface area (Å²) in [5.41, 5.74) is 1.81. The summed E-state index contributed by atoms with van der Waals surface area (Å²) in [7, 11) is 1.21. The van der Waals surface area contributed by atoms with Gasteiger partial charge in [0.15, 0.2) is 0 Å². The molecule has 7 nitrogen and oxygen atoms in total. The number of carbonyl (C=O) groups is 2. The molecule has 0 fully saturated rings. The van der Waals surface area contributed by atoms with E-state index in [0.717, 1.165) is 11.1 Å². The maximum absolute atomic E-state index is 12.2. The van der Waals surface area contributed by atoms with Crippen molar-refractivity contribution in [1.82, 2.24) is 5.32 Å².